The Balaban J connectivity index is 1.58. The van der Waals surface area contributed by atoms with Gasteiger partial charge in [-0.3, -0.25) is 4.79 Å². The first-order valence-corrected chi connectivity index (χ1v) is 12.2. The molecule has 0 aliphatic carbocycles. The number of amides is 1. The van der Waals surface area contributed by atoms with E-state index in [-0.39, 0.29) is 29.2 Å². The van der Waals surface area contributed by atoms with Crippen molar-refractivity contribution < 1.29 is 13.2 Å². The van der Waals surface area contributed by atoms with Crippen LogP contribution in [0, 0.1) is 18.8 Å². The van der Waals surface area contributed by atoms with Gasteiger partial charge < -0.3 is 10.6 Å². The Bertz CT molecular complexity index is 1400. The van der Waals surface area contributed by atoms with Crippen LogP contribution < -0.4 is 10.5 Å². The van der Waals surface area contributed by atoms with Gasteiger partial charge in [0.25, 0.3) is 0 Å². The lowest BCUT2D eigenvalue weighted by molar-refractivity contribution is -0.127. The highest BCUT2D eigenvalue weighted by Crippen LogP contribution is 2.28. The number of benzene rings is 1. The number of aryl methyl sites for hydroxylation is 1. The van der Waals surface area contributed by atoms with Crippen LogP contribution in [0.4, 0.5) is 5.82 Å². The van der Waals surface area contributed by atoms with Gasteiger partial charge in [-0.1, -0.05) is 30.2 Å². The molecule has 0 radical (unpaired) electrons. The Morgan fingerprint density at radius 1 is 1.32 bits per heavy atom. The molecule has 1 aromatic carbocycles. The Morgan fingerprint density at radius 2 is 2.09 bits per heavy atom. The van der Waals surface area contributed by atoms with Crippen LogP contribution in [0.25, 0.3) is 11.0 Å². The van der Waals surface area contributed by atoms with Crippen LogP contribution in [0.15, 0.2) is 48.1 Å². The summed E-state index contributed by atoms with van der Waals surface area (Å²) >= 11 is 0. The van der Waals surface area contributed by atoms with Gasteiger partial charge in [0.15, 0.2) is 5.65 Å². The molecule has 3 aromatic rings. The summed E-state index contributed by atoms with van der Waals surface area (Å²) in [6, 6.07) is 6.45. The van der Waals surface area contributed by atoms with E-state index >= 15 is 0 Å². The quantitative estimate of drug-likeness (QED) is 0.417. The van der Waals surface area contributed by atoms with Crippen molar-refractivity contribution in [2.45, 2.75) is 30.7 Å². The van der Waals surface area contributed by atoms with Gasteiger partial charge in [0.2, 0.25) is 15.9 Å². The Hall–Kier alpha value is -3.75. The first kappa shape index (κ1) is 23.4. The number of likely N-dealkylation sites (tertiary alicyclic amines) is 1. The molecule has 0 bridgehead atoms. The van der Waals surface area contributed by atoms with Gasteiger partial charge >= 0.3 is 0 Å². The number of rotatable bonds is 5. The van der Waals surface area contributed by atoms with E-state index in [1.54, 1.807) is 33.8 Å². The number of fused-ring (bicyclic) bond motifs is 1. The second-order valence-corrected chi connectivity index (χ2v) is 9.74. The predicted octanol–water partition coefficient (Wildman–Crippen LogP) is 1.40. The van der Waals surface area contributed by atoms with Crippen molar-refractivity contribution in [1.82, 2.24) is 29.4 Å². The Labute approximate surface area is 197 Å². The number of sulfonamides is 1. The first-order chi connectivity index (χ1) is 16.3. The molecule has 3 N–H and O–H groups in total. The molecule has 0 unspecified atom stereocenters. The van der Waals surface area contributed by atoms with E-state index < -0.39 is 10.0 Å². The molecule has 1 amide bonds. The van der Waals surface area contributed by atoms with Crippen molar-refractivity contribution in [3.8, 4) is 11.8 Å². The van der Waals surface area contributed by atoms with Gasteiger partial charge in [-0.15, -0.1) is 0 Å². The number of carbonyl (C=O) groups excluding carboxylic acids is 1. The number of hydrogen-bond donors (Lipinski definition) is 2. The average molecular weight is 480 g/mol. The fraction of sp³-hybridized carbons (Fsp3) is 0.304. The maximum atomic E-state index is 12.5. The molecule has 2 aromatic heterocycles. The van der Waals surface area contributed by atoms with Crippen LogP contribution in [0.1, 0.15) is 30.1 Å². The number of piperidine rings is 1. The highest BCUT2D eigenvalue weighted by molar-refractivity contribution is 7.89. The summed E-state index contributed by atoms with van der Waals surface area (Å²) in [5, 5.41) is 5.12. The third-order valence-electron chi connectivity index (χ3n) is 5.64. The van der Waals surface area contributed by atoms with E-state index in [0.29, 0.717) is 29.8 Å². The van der Waals surface area contributed by atoms with Crippen molar-refractivity contribution in [3.05, 3.63) is 54.5 Å². The average Bonchev–Trinajstić information content (AvgIpc) is 3.21. The molecule has 1 aliphatic heterocycles. The van der Waals surface area contributed by atoms with Crippen molar-refractivity contribution in [3.63, 3.8) is 0 Å². The fourth-order valence-electron chi connectivity index (χ4n) is 3.88. The Morgan fingerprint density at radius 3 is 2.82 bits per heavy atom. The van der Waals surface area contributed by atoms with E-state index in [2.05, 4.69) is 38.2 Å². The van der Waals surface area contributed by atoms with Crippen LogP contribution in [-0.2, 0) is 14.8 Å². The molecule has 11 heteroatoms. The van der Waals surface area contributed by atoms with E-state index in [0.717, 1.165) is 18.4 Å². The topological polar surface area (TPSA) is 136 Å². The lowest BCUT2D eigenvalue weighted by atomic mass is 10.1. The summed E-state index contributed by atoms with van der Waals surface area (Å²) in [6.45, 7) is 6.47. The summed E-state index contributed by atoms with van der Waals surface area (Å²) in [5.41, 5.74) is 7.94. The molecule has 1 aliphatic rings. The second-order valence-electron chi connectivity index (χ2n) is 7.97. The van der Waals surface area contributed by atoms with E-state index in [1.807, 2.05) is 6.92 Å². The molecule has 10 nitrogen and oxygen atoms in total. The number of anilines is 1. The van der Waals surface area contributed by atoms with E-state index in [1.165, 1.54) is 12.4 Å². The maximum absolute atomic E-state index is 12.5. The van der Waals surface area contributed by atoms with Gasteiger partial charge in [-0.2, -0.15) is 9.82 Å². The number of nitrogens with two attached hydrogens (primary N) is 1. The molecule has 34 heavy (non-hydrogen) atoms. The number of hydrogen-bond acceptors (Lipinski definition) is 7. The SMILES string of the molecule is C=CC(=O)N1CCC[C@@H](n2nc(C#CCNS(=O)(=O)c3ccc(C)cc3)c3c(N)ncnc32)C1. The largest absolute Gasteiger partial charge is 0.383 e. The van der Waals surface area contributed by atoms with E-state index in [4.69, 9.17) is 5.73 Å². The fourth-order valence-corrected chi connectivity index (χ4v) is 4.80. The van der Waals surface area contributed by atoms with Crippen LogP contribution in [0.2, 0.25) is 0 Å². The molecule has 176 valence electrons. The standard InChI is InChI=1S/C23H25N7O3S/c1-3-20(31)29-13-5-6-17(14-29)30-23-21(22(24)25-15-26-23)19(28-30)7-4-12-27-34(32,33)18-10-8-16(2)9-11-18/h3,8-11,15,17,27H,1,5-6,12-14H2,2H3,(H2,24,25,26)/t17-/m1/s1. The van der Waals surface area contributed by atoms with Crippen molar-refractivity contribution in [2.24, 2.45) is 0 Å². The summed E-state index contributed by atoms with van der Waals surface area (Å²) in [4.78, 5) is 22.4. The van der Waals surface area contributed by atoms with Gasteiger partial charge in [-0.25, -0.2) is 23.1 Å². The van der Waals surface area contributed by atoms with Crippen LogP contribution in [0.5, 0.6) is 0 Å². The van der Waals surface area contributed by atoms with E-state index in [9.17, 15) is 13.2 Å². The zero-order valence-electron chi connectivity index (χ0n) is 18.7. The third-order valence-corrected chi connectivity index (χ3v) is 7.05. The number of aromatic nitrogens is 4. The minimum absolute atomic E-state index is 0.106. The predicted molar refractivity (Wildman–Crippen MR) is 128 cm³/mol. The second kappa shape index (κ2) is 9.62. The van der Waals surface area contributed by atoms with Crippen molar-refractivity contribution >= 4 is 32.8 Å². The van der Waals surface area contributed by atoms with Gasteiger partial charge in [-0.05, 0) is 43.9 Å². The molecule has 1 fully saturated rings. The first-order valence-electron chi connectivity index (χ1n) is 10.8. The maximum Gasteiger partial charge on any atom is 0.246 e. The van der Waals surface area contributed by atoms with Crippen LogP contribution in [-0.4, -0.2) is 58.6 Å². The zero-order chi connectivity index (χ0) is 24.3. The lowest BCUT2D eigenvalue weighted by Gasteiger charge is -2.32. The molecular formula is C23H25N7O3S. The monoisotopic (exact) mass is 479 g/mol. The Kier molecular flexibility index (Phi) is 6.63. The third kappa shape index (κ3) is 4.78. The highest BCUT2D eigenvalue weighted by Gasteiger charge is 2.27. The molecule has 4 rings (SSSR count). The van der Waals surface area contributed by atoms with Gasteiger partial charge in [0.1, 0.15) is 17.8 Å². The summed E-state index contributed by atoms with van der Waals surface area (Å²) in [6.07, 6.45) is 4.29. The number of carbonyl (C=O) groups is 1. The van der Waals surface area contributed by atoms with Gasteiger partial charge in [0, 0.05) is 13.1 Å². The minimum Gasteiger partial charge on any atom is -0.383 e. The normalized spacial score (nSPS) is 16.1. The number of nitrogens with zero attached hydrogens (tertiary/aromatic N) is 5. The zero-order valence-corrected chi connectivity index (χ0v) is 19.5. The van der Waals surface area contributed by atoms with Crippen molar-refractivity contribution in [2.75, 3.05) is 25.4 Å². The smallest absolute Gasteiger partial charge is 0.246 e. The molecule has 1 atom stereocenters. The summed E-state index contributed by atoms with van der Waals surface area (Å²) < 4.78 is 29.1. The molecule has 0 saturated carbocycles. The molecular weight excluding hydrogens is 454 g/mol. The van der Waals surface area contributed by atoms with Gasteiger partial charge in [0.05, 0.1) is 22.9 Å². The summed E-state index contributed by atoms with van der Waals surface area (Å²) in [5.74, 6) is 5.81. The van der Waals surface area contributed by atoms with Crippen LogP contribution >= 0.6 is 0 Å². The van der Waals surface area contributed by atoms with Crippen LogP contribution in [0.3, 0.4) is 0 Å². The number of nitrogen functional groups attached to an aromatic ring is 1. The molecule has 1 saturated heterocycles. The molecule has 3 heterocycles. The highest BCUT2D eigenvalue weighted by atomic mass is 32.2. The summed E-state index contributed by atoms with van der Waals surface area (Å²) in [7, 11) is -3.68. The number of nitrogens with one attached hydrogen (secondary N) is 1. The minimum atomic E-state index is -3.68. The lowest BCUT2D eigenvalue weighted by Crippen LogP contribution is -2.40. The van der Waals surface area contributed by atoms with Crippen molar-refractivity contribution in [1.29, 1.82) is 0 Å². The molecule has 0 spiro atoms.